The molecular formula is C19H21ClN2O2S. The molecule has 1 aromatic carbocycles. The highest BCUT2D eigenvalue weighted by molar-refractivity contribution is 7.10. The van der Waals surface area contributed by atoms with Crippen LogP contribution in [0.4, 0.5) is 0 Å². The molecule has 0 radical (unpaired) electrons. The maximum absolute atomic E-state index is 12.2. The van der Waals surface area contributed by atoms with Crippen molar-refractivity contribution in [1.29, 1.82) is 0 Å². The number of rotatable bonds is 6. The Bertz CT molecular complexity index is 712. The summed E-state index contributed by atoms with van der Waals surface area (Å²) < 4.78 is 5.45. The van der Waals surface area contributed by atoms with E-state index < -0.39 is 0 Å². The zero-order chi connectivity index (χ0) is 17.5. The van der Waals surface area contributed by atoms with Crippen molar-refractivity contribution in [3.8, 4) is 0 Å². The maximum atomic E-state index is 12.2. The summed E-state index contributed by atoms with van der Waals surface area (Å²) in [5.41, 5.74) is 1.04. The highest BCUT2D eigenvalue weighted by Gasteiger charge is 2.24. The number of hydrogen-bond acceptors (Lipinski definition) is 4. The van der Waals surface area contributed by atoms with Gasteiger partial charge in [0.1, 0.15) is 0 Å². The summed E-state index contributed by atoms with van der Waals surface area (Å²) in [5.74, 6) is -0.0984. The third-order valence-corrected chi connectivity index (χ3v) is 5.34. The van der Waals surface area contributed by atoms with Crippen LogP contribution in [0, 0.1) is 0 Å². The highest BCUT2D eigenvalue weighted by Crippen LogP contribution is 2.27. The lowest BCUT2D eigenvalue weighted by molar-refractivity contribution is -0.116. The summed E-state index contributed by atoms with van der Waals surface area (Å²) in [6.45, 7) is 3.57. The van der Waals surface area contributed by atoms with Gasteiger partial charge in [0.25, 0.3) is 0 Å². The van der Waals surface area contributed by atoms with Gasteiger partial charge in [-0.05, 0) is 29.2 Å². The summed E-state index contributed by atoms with van der Waals surface area (Å²) in [6, 6.07) is 11.8. The lowest BCUT2D eigenvalue weighted by atomic mass is 10.0. The Kier molecular flexibility index (Phi) is 6.64. The summed E-state index contributed by atoms with van der Waals surface area (Å²) in [5, 5.41) is 5.72. The highest BCUT2D eigenvalue weighted by atomic mass is 35.5. The number of carbonyl (C=O) groups excluding carboxylic acids is 1. The Hall–Kier alpha value is -1.66. The molecule has 1 amide bonds. The maximum Gasteiger partial charge on any atom is 0.244 e. The molecule has 25 heavy (non-hydrogen) atoms. The minimum atomic E-state index is -0.0984. The molecule has 4 nitrogen and oxygen atoms in total. The minimum absolute atomic E-state index is 0.0386. The van der Waals surface area contributed by atoms with E-state index in [-0.39, 0.29) is 11.9 Å². The molecule has 0 bridgehead atoms. The van der Waals surface area contributed by atoms with Gasteiger partial charge in [-0.3, -0.25) is 9.69 Å². The van der Waals surface area contributed by atoms with E-state index in [1.54, 1.807) is 17.4 Å². The van der Waals surface area contributed by atoms with E-state index in [2.05, 4.69) is 10.2 Å². The van der Waals surface area contributed by atoms with Gasteiger partial charge in [0.15, 0.2) is 0 Å². The van der Waals surface area contributed by atoms with Crippen LogP contribution >= 0.6 is 22.9 Å². The topological polar surface area (TPSA) is 41.6 Å². The molecular weight excluding hydrogens is 356 g/mol. The van der Waals surface area contributed by atoms with Crippen LogP contribution in [0.15, 0.2) is 47.9 Å². The standard InChI is InChI=1S/C19H21ClN2O2S/c20-17-6-2-1-5-16(17)18(22-9-11-24-12-10-22)14-21-19(23)8-7-15-4-3-13-25-15/h1-8,13,18H,9-12,14H2,(H,21,23)/b8-7+. The van der Waals surface area contributed by atoms with Gasteiger partial charge >= 0.3 is 0 Å². The predicted molar refractivity (Wildman–Crippen MR) is 103 cm³/mol. The van der Waals surface area contributed by atoms with Crippen molar-refractivity contribution in [2.45, 2.75) is 6.04 Å². The molecule has 0 aliphatic carbocycles. The third kappa shape index (κ3) is 5.16. The summed E-state index contributed by atoms with van der Waals surface area (Å²) in [4.78, 5) is 15.5. The smallest absolute Gasteiger partial charge is 0.244 e. The molecule has 2 heterocycles. The third-order valence-electron chi connectivity index (χ3n) is 4.16. The Morgan fingerprint density at radius 1 is 1.28 bits per heavy atom. The Morgan fingerprint density at radius 3 is 2.80 bits per heavy atom. The molecule has 1 saturated heterocycles. The first-order chi connectivity index (χ1) is 12.2. The molecule has 1 fully saturated rings. The number of carbonyl (C=O) groups is 1. The van der Waals surface area contributed by atoms with Gasteiger partial charge in [0.05, 0.1) is 19.3 Å². The zero-order valence-electron chi connectivity index (χ0n) is 13.9. The fraction of sp³-hybridized carbons (Fsp3) is 0.316. The molecule has 1 N–H and O–H groups in total. The van der Waals surface area contributed by atoms with Gasteiger partial charge in [0, 0.05) is 35.6 Å². The van der Waals surface area contributed by atoms with E-state index in [4.69, 9.17) is 16.3 Å². The van der Waals surface area contributed by atoms with E-state index in [0.29, 0.717) is 19.8 Å². The van der Waals surface area contributed by atoms with Crippen LogP contribution in [-0.2, 0) is 9.53 Å². The molecule has 1 aromatic heterocycles. The van der Waals surface area contributed by atoms with Crippen LogP contribution in [0.1, 0.15) is 16.5 Å². The van der Waals surface area contributed by atoms with Crippen molar-refractivity contribution in [2.24, 2.45) is 0 Å². The van der Waals surface area contributed by atoms with Crippen molar-refractivity contribution in [1.82, 2.24) is 10.2 Å². The number of benzene rings is 1. The molecule has 1 unspecified atom stereocenters. The van der Waals surface area contributed by atoms with E-state index in [0.717, 1.165) is 28.6 Å². The summed E-state index contributed by atoms with van der Waals surface area (Å²) in [7, 11) is 0. The Balaban J connectivity index is 1.67. The van der Waals surface area contributed by atoms with Gasteiger partial charge in [-0.15, -0.1) is 11.3 Å². The van der Waals surface area contributed by atoms with Gasteiger partial charge < -0.3 is 10.1 Å². The van der Waals surface area contributed by atoms with E-state index in [1.165, 1.54) is 0 Å². The number of amides is 1. The van der Waals surface area contributed by atoms with E-state index >= 15 is 0 Å². The lowest BCUT2D eigenvalue weighted by Crippen LogP contribution is -2.43. The SMILES string of the molecule is O=C(/C=C/c1cccs1)NCC(c1ccccc1Cl)N1CCOCC1. The van der Waals surface area contributed by atoms with Crippen molar-refractivity contribution in [3.63, 3.8) is 0 Å². The zero-order valence-corrected chi connectivity index (χ0v) is 15.4. The first-order valence-corrected chi connectivity index (χ1v) is 9.55. The van der Waals surface area contributed by atoms with Crippen LogP contribution in [0.2, 0.25) is 5.02 Å². The molecule has 2 aromatic rings. The number of nitrogens with one attached hydrogen (secondary N) is 1. The Morgan fingerprint density at radius 2 is 2.08 bits per heavy atom. The second-order valence-corrected chi connectivity index (χ2v) is 7.17. The van der Waals surface area contributed by atoms with E-state index in [1.807, 2.05) is 47.9 Å². The quantitative estimate of drug-likeness (QED) is 0.783. The largest absolute Gasteiger partial charge is 0.379 e. The van der Waals surface area contributed by atoms with Gasteiger partial charge in [-0.2, -0.15) is 0 Å². The normalized spacial score (nSPS) is 16.8. The lowest BCUT2D eigenvalue weighted by Gasteiger charge is -2.35. The average molecular weight is 377 g/mol. The summed E-state index contributed by atoms with van der Waals surface area (Å²) in [6.07, 6.45) is 3.41. The number of halogens is 1. The molecule has 1 aliphatic rings. The molecule has 132 valence electrons. The molecule has 6 heteroatoms. The summed E-state index contributed by atoms with van der Waals surface area (Å²) >= 11 is 8.00. The van der Waals surface area contributed by atoms with Crippen LogP contribution in [0.25, 0.3) is 6.08 Å². The van der Waals surface area contributed by atoms with Gasteiger partial charge in [-0.1, -0.05) is 35.9 Å². The molecule has 0 saturated carbocycles. The van der Waals surface area contributed by atoms with Crippen LogP contribution in [0.3, 0.4) is 0 Å². The van der Waals surface area contributed by atoms with Gasteiger partial charge in [0.2, 0.25) is 5.91 Å². The van der Waals surface area contributed by atoms with Crippen LogP contribution in [0.5, 0.6) is 0 Å². The first-order valence-electron chi connectivity index (χ1n) is 8.29. The van der Waals surface area contributed by atoms with Crippen molar-refractivity contribution in [3.05, 3.63) is 63.3 Å². The number of thiophene rings is 1. The molecule has 3 rings (SSSR count). The Labute approximate surface area is 157 Å². The predicted octanol–water partition coefficient (Wildman–Crippen LogP) is 3.60. The van der Waals surface area contributed by atoms with Crippen molar-refractivity contribution in [2.75, 3.05) is 32.8 Å². The molecule has 1 aliphatic heterocycles. The molecule has 1 atom stereocenters. The van der Waals surface area contributed by atoms with E-state index in [9.17, 15) is 4.79 Å². The second-order valence-electron chi connectivity index (χ2n) is 5.78. The number of nitrogens with zero attached hydrogens (tertiary/aromatic N) is 1. The fourth-order valence-electron chi connectivity index (χ4n) is 2.87. The van der Waals surface area contributed by atoms with Crippen LogP contribution in [-0.4, -0.2) is 43.7 Å². The van der Waals surface area contributed by atoms with Crippen LogP contribution < -0.4 is 5.32 Å². The number of ether oxygens (including phenoxy) is 1. The van der Waals surface area contributed by atoms with Crippen molar-refractivity contribution >= 4 is 34.9 Å². The number of hydrogen-bond donors (Lipinski definition) is 1. The first kappa shape index (κ1) is 18.1. The second kappa shape index (κ2) is 9.15. The van der Waals surface area contributed by atoms with Crippen molar-refractivity contribution < 1.29 is 9.53 Å². The van der Waals surface area contributed by atoms with Gasteiger partial charge in [-0.25, -0.2) is 0 Å². The average Bonchev–Trinajstić information content (AvgIpc) is 3.16. The fourth-order valence-corrected chi connectivity index (χ4v) is 3.75. The number of morpholine rings is 1. The minimum Gasteiger partial charge on any atom is -0.379 e. The molecule has 0 spiro atoms. The monoisotopic (exact) mass is 376 g/mol.